The van der Waals surface area contributed by atoms with Gasteiger partial charge in [0.2, 0.25) is 11.8 Å². The fraction of sp³-hybridized carbons (Fsp3) is 0.750. The summed E-state index contributed by atoms with van der Waals surface area (Å²) in [6.45, 7) is 1.82. The Morgan fingerprint density at radius 1 is 1.00 bits per heavy atom. The number of hydrogen-bond donors (Lipinski definition) is 2. The van der Waals surface area contributed by atoms with Crippen molar-refractivity contribution in [2.24, 2.45) is 11.5 Å². The third kappa shape index (κ3) is 3.55. The standard InChI is InChI=1S/C8H14N4O2S2/c9-7(13)1-5-3-11(5)15-16-12-4-6(12)2-8(10)14/h5-6H,1-4H2,(H2,9,13)(H2,10,14). The highest BCUT2D eigenvalue weighted by atomic mass is 33.1. The predicted molar refractivity (Wildman–Crippen MR) is 63.8 cm³/mol. The summed E-state index contributed by atoms with van der Waals surface area (Å²) in [6.07, 6.45) is 0.858. The van der Waals surface area contributed by atoms with Gasteiger partial charge in [-0.05, 0) is 0 Å². The molecule has 4 unspecified atom stereocenters. The maximum Gasteiger partial charge on any atom is 0.219 e. The van der Waals surface area contributed by atoms with Gasteiger partial charge in [0.25, 0.3) is 0 Å². The second kappa shape index (κ2) is 4.82. The Morgan fingerprint density at radius 2 is 1.38 bits per heavy atom. The van der Waals surface area contributed by atoms with E-state index < -0.39 is 0 Å². The molecule has 0 aromatic rings. The SMILES string of the molecule is NC(=O)CC1CN1SSN1CC1CC(N)=O. The summed E-state index contributed by atoms with van der Waals surface area (Å²) in [4.78, 5) is 21.3. The van der Waals surface area contributed by atoms with Gasteiger partial charge in [-0.2, -0.15) is 0 Å². The number of amides is 2. The predicted octanol–water partition coefficient (Wildman–Crippen LogP) is -0.683. The third-order valence-electron chi connectivity index (χ3n) is 2.43. The van der Waals surface area contributed by atoms with Gasteiger partial charge in [0.05, 0.1) is 0 Å². The number of nitrogens with zero attached hydrogens (tertiary/aromatic N) is 2. The lowest BCUT2D eigenvalue weighted by molar-refractivity contribution is -0.118. The summed E-state index contributed by atoms with van der Waals surface area (Å²) >= 11 is 0. The van der Waals surface area contributed by atoms with E-state index in [-0.39, 0.29) is 11.8 Å². The van der Waals surface area contributed by atoms with E-state index in [1.165, 1.54) is 0 Å². The zero-order chi connectivity index (χ0) is 11.7. The average molecular weight is 262 g/mol. The monoisotopic (exact) mass is 262 g/mol. The molecule has 0 aliphatic carbocycles. The van der Waals surface area contributed by atoms with Crippen molar-refractivity contribution in [2.45, 2.75) is 24.9 Å². The maximum atomic E-state index is 10.6. The first kappa shape index (κ1) is 12.0. The molecule has 0 aromatic carbocycles. The minimum atomic E-state index is -0.253. The molecule has 2 amide bonds. The van der Waals surface area contributed by atoms with Crippen LogP contribution in [0.2, 0.25) is 0 Å². The van der Waals surface area contributed by atoms with Crippen LogP contribution in [0.5, 0.6) is 0 Å². The first-order chi connectivity index (χ1) is 7.56. The zero-order valence-electron chi connectivity index (χ0n) is 8.67. The van der Waals surface area contributed by atoms with Crippen molar-refractivity contribution in [3.63, 3.8) is 0 Å². The summed E-state index contributed by atoms with van der Waals surface area (Å²) in [7, 11) is 3.22. The molecule has 16 heavy (non-hydrogen) atoms. The highest BCUT2D eigenvalue weighted by Crippen LogP contribution is 2.44. The van der Waals surface area contributed by atoms with E-state index in [9.17, 15) is 9.59 Å². The van der Waals surface area contributed by atoms with Crippen LogP contribution in [-0.2, 0) is 9.59 Å². The fourth-order valence-corrected chi connectivity index (χ4v) is 4.03. The normalized spacial score (nSPS) is 35.8. The molecule has 0 radical (unpaired) electrons. The molecule has 0 spiro atoms. The van der Waals surface area contributed by atoms with Crippen LogP contribution in [0.15, 0.2) is 0 Å². The molecule has 90 valence electrons. The van der Waals surface area contributed by atoms with Crippen LogP contribution in [0.4, 0.5) is 0 Å². The van der Waals surface area contributed by atoms with Gasteiger partial charge in [-0.3, -0.25) is 9.59 Å². The van der Waals surface area contributed by atoms with Crippen molar-refractivity contribution < 1.29 is 9.59 Å². The lowest BCUT2D eigenvalue weighted by Crippen LogP contribution is -2.14. The van der Waals surface area contributed by atoms with Gasteiger partial charge in [0, 0.05) is 60.0 Å². The summed E-state index contributed by atoms with van der Waals surface area (Å²) in [5.74, 6) is -0.507. The Hall–Kier alpha value is -0.440. The molecule has 0 bridgehead atoms. The minimum absolute atomic E-state index is 0.253. The molecule has 0 saturated carbocycles. The molecular weight excluding hydrogens is 248 g/mol. The van der Waals surface area contributed by atoms with Crippen LogP contribution < -0.4 is 11.5 Å². The molecule has 4 N–H and O–H groups in total. The van der Waals surface area contributed by atoms with Crippen molar-refractivity contribution >= 4 is 33.8 Å². The number of carbonyl (C=O) groups excluding carboxylic acids is 2. The van der Waals surface area contributed by atoms with E-state index in [0.717, 1.165) is 13.1 Å². The number of nitrogens with two attached hydrogens (primary N) is 2. The van der Waals surface area contributed by atoms with Gasteiger partial charge < -0.3 is 11.5 Å². The molecule has 2 rings (SSSR count). The maximum absolute atomic E-state index is 10.6. The van der Waals surface area contributed by atoms with Crippen molar-refractivity contribution in [1.82, 2.24) is 8.61 Å². The van der Waals surface area contributed by atoms with E-state index in [2.05, 4.69) is 8.61 Å². The van der Waals surface area contributed by atoms with Crippen LogP contribution >= 0.6 is 22.0 Å². The Labute approximate surface area is 102 Å². The van der Waals surface area contributed by atoms with Crippen molar-refractivity contribution in [3.8, 4) is 0 Å². The van der Waals surface area contributed by atoms with E-state index in [4.69, 9.17) is 11.5 Å². The summed E-state index contributed by atoms with van der Waals surface area (Å²) < 4.78 is 4.21. The number of rotatable bonds is 7. The minimum Gasteiger partial charge on any atom is -0.370 e. The third-order valence-corrected chi connectivity index (χ3v) is 5.12. The number of carbonyl (C=O) groups is 2. The van der Waals surface area contributed by atoms with Gasteiger partial charge in [-0.15, -0.1) is 0 Å². The van der Waals surface area contributed by atoms with Crippen molar-refractivity contribution in [1.29, 1.82) is 0 Å². The second-order valence-electron chi connectivity index (χ2n) is 4.00. The molecule has 2 aliphatic rings. The smallest absolute Gasteiger partial charge is 0.219 e. The van der Waals surface area contributed by atoms with E-state index in [1.807, 2.05) is 0 Å². The Bertz CT molecular complexity index is 284. The first-order valence-electron chi connectivity index (χ1n) is 5.01. The molecule has 8 heteroatoms. The topological polar surface area (TPSA) is 92.2 Å². The van der Waals surface area contributed by atoms with E-state index >= 15 is 0 Å². The molecule has 2 fully saturated rings. The van der Waals surface area contributed by atoms with Crippen LogP contribution in [0, 0.1) is 0 Å². The van der Waals surface area contributed by atoms with Gasteiger partial charge in [-0.25, -0.2) is 8.61 Å². The number of primary amides is 2. The van der Waals surface area contributed by atoms with E-state index in [0.29, 0.717) is 24.9 Å². The molecule has 4 atom stereocenters. The molecule has 2 aliphatic heterocycles. The molecule has 6 nitrogen and oxygen atoms in total. The largest absolute Gasteiger partial charge is 0.370 e. The van der Waals surface area contributed by atoms with Gasteiger partial charge in [0.15, 0.2) is 0 Å². The molecule has 2 heterocycles. The van der Waals surface area contributed by atoms with Gasteiger partial charge in [-0.1, -0.05) is 0 Å². The molecule has 2 saturated heterocycles. The summed E-state index contributed by atoms with van der Waals surface area (Å²) in [5.41, 5.74) is 10.2. The average Bonchev–Trinajstić information content (AvgIpc) is 3.00. The van der Waals surface area contributed by atoms with Crippen LogP contribution in [0.25, 0.3) is 0 Å². The number of hydrogen-bond acceptors (Lipinski definition) is 6. The summed E-state index contributed by atoms with van der Waals surface area (Å²) in [5, 5.41) is 0. The highest BCUT2D eigenvalue weighted by molar-refractivity contribution is 8.75. The highest BCUT2D eigenvalue weighted by Gasteiger charge is 2.41. The van der Waals surface area contributed by atoms with Crippen LogP contribution in [0.3, 0.4) is 0 Å². The molecule has 0 aromatic heterocycles. The van der Waals surface area contributed by atoms with Gasteiger partial charge in [0.1, 0.15) is 0 Å². The lowest BCUT2D eigenvalue weighted by atomic mass is 10.3. The van der Waals surface area contributed by atoms with Crippen molar-refractivity contribution in [3.05, 3.63) is 0 Å². The van der Waals surface area contributed by atoms with Gasteiger partial charge >= 0.3 is 0 Å². The van der Waals surface area contributed by atoms with Crippen molar-refractivity contribution in [2.75, 3.05) is 13.1 Å². The van der Waals surface area contributed by atoms with Crippen LogP contribution in [0.1, 0.15) is 12.8 Å². The quantitative estimate of drug-likeness (QED) is 0.359. The lowest BCUT2D eigenvalue weighted by Gasteiger charge is -2.02. The molecular formula is C8H14N4O2S2. The second-order valence-corrected chi connectivity index (χ2v) is 6.13. The fourth-order valence-electron chi connectivity index (χ4n) is 1.39. The van der Waals surface area contributed by atoms with Crippen LogP contribution in [-0.4, -0.2) is 45.6 Å². The summed E-state index contributed by atoms with van der Waals surface area (Å²) in [6, 6.07) is 0.592. The zero-order valence-corrected chi connectivity index (χ0v) is 10.3. The Kier molecular flexibility index (Phi) is 3.63. The Balaban J connectivity index is 1.54. The first-order valence-corrected chi connectivity index (χ1v) is 7.07. The van der Waals surface area contributed by atoms with E-state index in [1.54, 1.807) is 22.0 Å². The Morgan fingerprint density at radius 3 is 1.69 bits per heavy atom.